The summed E-state index contributed by atoms with van der Waals surface area (Å²) in [5.41, 5.74) is 5.60. The highest BCUT2D eigenvalue weighted by Crippen LogP contribution is 2.36. The second-order valence-electron chi connectivity index (χ2n) is 7.33. The number of aryl methyl sites for hydroxylation is 2. The van der Waals surface area contributed by atoms with Crippen LogP contribution in [0.2, 0.25) is 0 Å². The predicted molar refractivity (Wildman–Crippen MR) is 113 cm³/mol. The molecule has 4 rings (SSSR count). The topological polar surface area (TPSA) is 55.8 Å². The molecular weight excluding hydrogens is 364 g/mol. The Morgan fingerprint density at radius 1 is 1.07 bits per heavy atom. The van der Waals surface area contributed by atoms with Crippen LogP contribution in [0.15, 0.2) is 66.7 Å². The van der Waals surface area contributed by atoms with Gasteiger partial charge in [-0.2, -0.15) is 0 Å². The van der Waals surface area contributed by atoms with Crippen LogP contribution in [-0.2, 0) is 17.6 Å². The molecule has 0 aromatic heterocycles. The first-order valence-electron chi connectivity index (χ1n) is 9.87. The third-order valence-electron chi connectivity index (χ3n) is 5.39. The molecule has 148 valence electrons. The minimum absolute atomic E-state index is 0.0107. The van der Waals surface area contributed by atoms with E-state index in [1.165, 1.54) is 5.56 Å². The Kier molecular flexibility index (Phi) is 5.52. The summed E-state index contributed by atoms with van der Waals surface area (Å²) in [4.78, 5) is 10.8. The quantitative estimate of drug-likeness (QED) is 0.610. The highest BCUT2D eigenvalue weighted by molar-refractivity contribution is 5.67. The molecule has 1 N–H and O–H groups in total. The molecular formula is C25H24O4. The van der Waals surface area contributed by atoms with E-state index in [1.54, 1.807) is 7.11 Å². The van der Waals surface area contributed by atoms with E-state index in [1.807, 2.05) is 30.3 Å². The molecule has 0 radical (unpaired) electrons. The van der Waals surface area contributed by atoms with Crippen LogP contribution in [0, 0.1) is 0 Å². The summed E-state index contributed by atoms with van der Waals surface area (Å²) in [6.07, 6.45) is 2.55. The Hall–Kier alpha value is -3.27. The van der Waals surface area contributed by atoms with Crippen LogP contribution < -0.4 is 9.47 Å². The smallest absolute Gasteiger partial charge is 0.303 e. The van der Waals surface area contributed by atoms with Gasteiger partial charge in [0.25, 0.3) is 0 Å². The number of methoxy groups -OCH3 is 1. The maximum atomic E-state index is 10.8. The van der Waals surface area contributed by atoms with Gasteiger partial charge in [-0.15, -0.1) is 0 Å². The fourth-order valence-corrected chi connectivity index (χ4v) is 3.75. The van der Waals surface area contributed by atoms with Crippen molar-refractivity contribution in [1.29, 1.82) is 0 Å². The average Bonchev–Trinajstić information content (AvgIpc) is 2.77. The first kappa shape index (κ1) is 19.1. The number of benzene rings is 3. The van der Waals surface area contributed by atoms with E-state index < -0.39 is 5.97 Å². The normalized spacial score (nSPS) is 15.3. The fourth-order valence-electron chi connectivity index (χ4n) is 3.75. The van der Waals surface area contributed by atoms with Crippen molar-refractivity contribution in [2.75, 3.05) is 7.11 Å². The number of hydrogen-bond acceptors (Lipinski definition) is 3. The molecule has 1 atom stereocenters. The molecule has 3 aromatic rings. The van der Waals surface area contributed by atoms with Gasteiger partial charge in [-0.1, -0.05) is 48.5 Å². The van der Waals surface area contributed by atoms with Crippen molar-refractivity contribution in [3.8, 4) is 22.6 Å². The minimum Gasteiger partial charge on any atom is -0.497 e. The molecule has 1 heterocycles. The lowest BCUT2D eigenvalue weighted by molar-refractivity contribution is -0.136. The molecule has 1 unspecified atom stereocenters. The third-order valence-corrected chi connectivity index (χ3v) is 5.39. The molecule has 0 saturated carbocycles. The Labute approximate surface area is 170 Å². The molecule has 0 bridgehead atoms. The lowest BCUT2D eigenvalue weighted by Gasteiger charge is -2.27. The number of ether oxygens (including phenoxy) is 2. The van der Waals surface area contributed by atoms with E-state index in [2.05, 4.69) is 36.4 Å². The van der Waals surface area contributed by atoms with Crippen molar-refractivity contribution in [2.45, 2.75) is 31.8 Å². The Bertz CT molecular complexity index is 1010. The number of rotatable bonds is 6. The largest absolute Gasteiger partial charge is 0.497 e. The summed E-state index contributed by atoms with van der Waals surface area (Å²) in [7, 11) is 1.67. The monoisotopic (exact) mass is 388 g/mol. The highest BCUT2D eigenvalue weighted by Gasteiger charge is 2.21. The zero-order chi connectivity index (χ0) is 20.2. The van der Waals surface area contributed by atoms with E-state index in [4.69, 9.17) is 14.6 Å². The fraction of sp³-hybridized carbons (Fsp3) is 0.240. The molecule has 0 amide bonds. The van der Waals surface area contributed by atoms with E-state index in [0.717, 1.165) is 46.6 Å². The lowest BCUT2D eigenvalue weighted by Crippen LogP contribution is -2.15. The van der Waals surface area contributed by atoms with Crippen LogP contribution in [0.3, 0.4) is 0 Å². The molecule has 1 aliphatic heterocycles. The van der Waals surface area contributed by atoms with Crippen LogP contribution in [0.1, 0.15) is 35.6 Å². The first-order chi connectivity index (χ1) is 14.1. The maximum Gasteiger partial charge on any atom is 0.303 e. The second-order valence-corrected chi connectivity index (χ2v) is 7.33. The van der Waals surface area contributed by atoms with Gasteiger partial charge in [-0.25, -0.2) is 0 Å². The number of carboxylic acid groups (broad SMARTS) is 1. The number of carboxylic acids is 1. The van der Waals surface area contributed by atoms with Gasteiger partial charge in [0, 0.05) is 6.42 Å². The van der Waals surface area contributed by atoms with Crippen molar-refractivity contribution in [3.05, 3.63) is 83.4 Å². The van der Waals surface area contributed by atoms with Crippen molar-refractivity contribution in [1.82, 2.24) is 0 Å². The third kappa shape index (κ3) is 4.43. The summed E-state index contributed by atoms with van der Waals surface area (Å²) in [6, 6.07) is 22.6. The predicted octanol–water partition coefficient (Wildman–Crippen LogP) is 5.45. The molecule has 29 heavy (non-hydrogen) atoms. The van der Waals surface area contributed by atoms with Gasteiger partial charge in [-0.05, 0) is 65.3 Å². The van der Waals surface area contributed by atoms with Gasteiger partial charge in [0.05, 0.1) is 7.11 Å². The number of carbonyl (C=O) groups is 1. The van der Waals surface area contributed by atoms with Crippen molar-refractivity contribution < 1.29 is 19.4 Å². The van der Waals surface area contributed by atoms with Gasteiger partial charge in [0.15, 0.2) is 0 Å². The average molecular weight is 388 g/mol. The molecule has 3 aromatic carbocycles. The van der Waals surface area contributed by atoms with Gasteiger partial charge in [0.2, 0.25) is 0 Å². The summed E-state index contributed by atoms with van der Waals surface area (Å²) in [5.74, 6) is 0.941. The Morgan fingerprint density at radius 2 is 1.90 bits per heavy atom. The van der Waals surface area contributed by atoms with Crippen LogP contribution in [0.25, 0.3) is 11.1 Å². The highest BCUT2D eigenvalue weighted by atomic mass is 16.5. The molecule has 4 nitrogen and oxygen atoms in total. The van der Waals surface area contributed by atoms with E-state index >= 15 is 0 Å². The van der Waals surface area contributed by atoms with Gasteiger partial charge in [-0.3, -0.25) is 4.79 Å². The summed E-state index contributed by atoms with van der Waals surface area (Å²) in [6.45, 7) is 0. The van der Waals surface area contributed by atoms with Crippen molar-refractivity contribution in [2.24, 2.45) is 0 Å². The molecule has 0 saturated heterocycles. The SMILES string of the molecule is COc1cccc(-c2ccc(C3CCc4ccc(CCC(=O)O)cc4O3)cc2)c1. The van der Waals surface area contributed by atoms with Crippen molar-refractivity contribution in [3.63, 3.8) is 0 Å². The Balaban J connectivity index is 1.50. The standard InChI is InChI=1S/C25H24O4/c1-28-22-4-2-3-21(16-22)18-8-10-19(11-9-18)23-13-12-20-7-5-17(6-14-25(26)27)15-24(20)29-23/h2-5,7-11,15-16,23H,6,12-14H2,1H3,(H,26,27). The zero-order valence-electron chi connectivity index (χ0n) is 16.4. The van der Waals surface area contributed by atoms with Crippen LogP contribution in [0.4, 0.5) is 0 Å². The Morgan fingerprint density at radius 3 is 2.66 bits per heavy atom. The second kappa shape index (κ2) is 8.39. The number of fused-ring (bicyclic) bond motifs is 1. The van der Waals surface area contributed by atoms with Crippen LogP contribution in [-0.4, -0.2) is 18.2 Å². The van der Waals surface area contributed by atoms with Gasteiger partial charge >= 0.3 is 5.97 Å². The van der Waals surface area contributed by atoms with E-state index in [-0.39, 0.29) is 12.5 Å². The summed E-state index contributed by atoms with van der Waals surface area (Å²) >= 11 is 0. The number of hydrogen-bond donors (Lipinski definition) is 1. The van der Waals surface area contributed by atoms with Crippen LogP contribution in [0.5, 0.6) is 11.5 Å². The molecule has 1 aliphatic rings. The lowest BCUT2D eigenvalue weighted by atomic mass is 9.94. The van der Waals surface area contributed by atoms with Gasteiger partial charge in [0.1, 0.15) is 17.6 Å². The summed E-state index contributed by atoms with van der Waals surface area (Å²) in [5, 5.41) is 8.90. The number of aliphatic carboxylic acids is 1. The van der Waals surface area contributed by atoms with E-state index in [9.17, 15) is 4.79 Å². The van der Waals surface area contributed by atoms with Crippen LogP contribution >= 0.6 is 0 Å². The molecule has 0 spiro atoms. The molecule has 4 heteroatoms. The summed E-state index contributed by atoms with van der Waals surface area (Å²) < 4.78 is 11.6. The minimum atomic E-state index is -0.780. The maximum absolute atomic E-state index is 10.8. The van der Waals surface area contributed by atoms with Gasteiger partial charge < -0.3 is 14.6 Å². The zero-order valence-corrected chi connectivity index (χ0v) is 16.4. The molecule has 0 aliphatic carbocycles. The molecule has 0 fully saturated rings. The first-order valence-corrected chi connectivity index (χ1v) is 9.87. The van der Waals surface area contributed by atoms with E-state index in [0.29, 0.717) is 6.42 Å². The van der Waals surface area contributed by atoms with Crippen molar-refractivity contribution >= 4 is 5.97 Å².